The van der Waals surface area contributed by atoms with E-state index < -0.39 is 12.0 Å². The minimum absolute atomic E-state index is 0.0208. The number of hydrogen-bond acceptors (Lipinski definition) is 3. The molecular formula is C12H13F2N3O. The number of H-pyrrole nitrogens is 1. The zero-order valence-electron chi connectivity index (χ0n) is 10.00. The molecule has 0 bridgehead atoms. The van der Waals surface area contributed by atoms with Crippen LogP contribution in [0.4, 0.5) is 14.6 Å². The molecule has 1 aromatic heterocycles. The van der Waals surface area contributed by atoms with E-state index in [1.54, 1.807) is 0 Å². The van der Waals surface area contributed by atoms with Crippen LogP contribution in [0.5, 0.6) is 5.75 Å². The van der Waals surface area contributed by atoms with Crippen molar-refractivity contribution in [1.29, 1.82) is 0 Å². The molecule has 2 aromatic rings. The lowest BCUT2D eigenvalue weighted by Gasteiger charge is -2.12. The molecule has 96 valence electrons. The molecule has 1 unspecified atom stereocenters. The highest BCUT2D eigenvalue weighted by Crippen LogP contribution is 2.37. The normalized spacial score (nSPS) is 12.4. The van der Waals surface area contributed by atoms with Gasteiger partial charge >= 0.3 is 0 Å². The van der Waals surface area contributed by atoms with Crippen molar-refractivity contribution in [3.8, 4) is 16.9 Å². The SMILES string of the molecule is COc1c(F)cc(C(C)F)cc1-c1cn[nH]c1N. The van der Waals surface area contributed by atoms with Crippen LogP contribution in [0.1, 0.15) is 18.7 Å². The largest absolute Gasteiger partial charge is 0.493 e. The number of aromatic amines is 1. The van der Waals surface area contributed by atoms with Gasteiger partial charge in [0.05, 0.1) is 13.3 Å². The maximum Gasteiger partial charge on any atom is 0.166 e. The zero-order valence-corrected chi connectivity index (χ0v) is 10.00. The number of nitrogen functional groups attached to an aromatic ring is 1. The van der Waals surface area contributed by atoms with Gasteiger partial charge in [0.2, 0.25) is 0 Å². The summed E-state index contributed by atoms with van der Waals surface area (Å²) in [5.74, 6) is -0.334. The lowest BCUT2D eigenvalue weighted by Crippen LogP contribution is -1.97. The summed E-state index contributed by atoms with van der Waals surface area (Å²) in [6.07, 6.45) is 0.163. The van der Waals surface area contributed by atoms with E-state index in [1.165, 1.54) is 26.3 Å². The van der Waals surface area contributed by atoms with Gasteiger partial charge in [-0.25, -0.2) is 8.78 Å². The summed E-state index contributed by atoms with van der Waals surface area (Å²) in [6, 6.07) is 2.62. The van der Waals surface area contributed by atoms with Crippen LogP contribution in [0.3, 0.4) is 0 Å². The molecule has 1 atom stereocenters. The van der Waals surface area contributed by atoms with E-state index >= 15 is 0 Å². The van der Waals surface area contributed by atoms with Gasteiger partial charge < -0.3 is 10.5 Å². The molecule has 1 aromatic carbocycles. The number of ether oxygens (including phenoxy) is 1. The number of nitrogens with one attached hydrogen (secondary N) is 1. The van der Waals surface area contributed by atoms with Crippen molar-refractivity contribution >= 4 is 5.82 Å². The highest BCUT2D eigenvalue weighted by molar-refractivity contribution is 5.78. The van der Waals surface area contributed by atoms with Gasteiger partial charge in [-0.3, -0.25) is 5.10 Å². The third kappa shape index (κ3) is 2.01. The van der Waals surface area contributed by atoms with Gasteiger partial charge in [0.25, 0.3) is 0 Å². The van der Waals surface area contributed by atoms with Gasteiger partial charge in [-0.05, 0) is 24.6 Å². The second kappa shape index (κ2) is 4.64. The summed E-state index contributed by atoms with van der Waals surface area (Å²) in [7, 11) is 1.34. The van der Waals surface area contributed by atoms with Crippen molar-refractivity contribution in [3.63, 3.8) is 0 Å². The summed E-state index contributed by atoms with van der Waals surface area (Å²) >= 11 is 0. The number of anilines is 1. The lowest BCUT2D eigenvalue weighted by atomic mass is 10.0. The van der Waals surface area contributed by atoms with Crippen LogP contribution in [0.2, 0.25) is 0 Å². The van der Waals surface area contributed by atoms with Crippen molar-refractivity contribution in [1.82, 2.24) is 10.2 Å². The van der Waals surface area contributed by atoms with Crippen LogP contribution in [-0.4, -0.2) is 17.3 Å². The number of aromatic nitrogens is 2. The van der Waals surface area contributed by atoms with Gasteiger partial charge in [0.1, 0.15) is 12.0 Å². The molecule has 0 aliphatic rings. The van der Waals surface area contributed by atoms with Gasteiger partial charge in [-0.2, -0.15) is 5.10 Å². The molecule has 4 nitrogen and oxygen atoms in total. The Kier molecular flexibility index (Phi) is 3.18. The Bertz CT molecular complexity index is 566. The van der Waals surface area contributed by atoms with Crippen LogP contribution < -0.4 is 10.5 Å². The average molecular weight is 253 g/mol. The maximum absolute atomic E-state index is 13.8. The number of halogens is 2. The fraction of sp³-hybridized carbons (Fsp3) is 0.250. The summed E-state index contributed by atoms with van der Waals surface area (Å²) in [5, 5.41) is 6.30. The second-order valence-corrected chi connectivity index (χ2v) is 3.90. The minimum atomic E-state index is -1.28. The van der Waals surface area contributed by atoms with Gasteiger partial charge in [0, 0.05) is 11.1 Å². The number of benzene rings is 1. The van der Waals surface area contributed by atoms with Crippen molar-refractivity contribution in [2.45, 2.75) is 13.1 Å². The molecule has 0 aliphatic carbocycles. The zero-order chi connectivity index (χ0) is 13.3. The van der Waals surface area contributed by atoms with Crippen molar-refractivity contribution in [3.05, 3.63) is 29.7 Å². The molecule has 0 aliphatic heterocycles. The van der Waals surface area contributed by atoms with E-state index in [1.807, 2.05) is 0 Å². The molecule has 2 rings (SSSR count). The Morgan fingerprint density at radius 3 is 2.61 bits per heavy atom. The number of methoxy groups -OCH3 is 1. The predicted octanol–water partition coefficient (Wildman–Crippen LogP) is 2.84. The van der Waals surface area contributed by atoms with Crippen molar-refractivity contribution in [2.75, 3.05) is 12.8 Å². The topological polar surface area (TPSA) is 63.9 Å². The molecule has 0 amide bonds. The van der Waals surface area contributed by atoms with E-state index in [9.17, 15) is 8.78 Å². The van der Waals surface area contributed by atoms with E-state index in [2.05, 4.69) is 10.2 Å². The molecule has 0 fully saturated rings. The Morgan fingerprint density at radius 1 is 1.39 bits per heavy atom. The molecule has 0 saturated heterocycles. The van der Waals surface area contributed by atoms with E-state index in [-0.39, 0.29) is 17.1 Å². The maximum atomic E-state index is 13.8. The van der Waals surface area contributed by atoms with Crippen molar-refractivity contribution < 1.29 is 13.5 Å². The first-order chi connectivity index (χ1) is 8.54. The molecule has 0 spiro atoms. The molecule has 1 heterocycles. The molecular weight excluding hydrogens is 240 g/mol. The van der Waals surface area contributed by atoms with Crippen LogP contribution in [-0.2, 0) is 0 Å². The highest BCUT2D eigenvalue weighted by atomic mass is 19.1. The molecule has 18 heavy (non-hydrogen) atoms. The monoisotopic (exact) mass is 253 g/mol. The average Bonchev–Trinajstić information content (AvgIpc) is 2.74. The van der Waals surface area contributed by atoms with Crippen LogP contribution >= 0.6 is 0 Å². The Balaban J connectivity index is 2.67. The number of nitrogens with zero attached hydrogens (tertiary/aromatic N) is 1. The van der Waals surface area contributed by atoms with E-state index in [4.69, 9.17) is 10.5 Å². The summed E-state index contributed by atoms with van der Waals surface area (Å²) in [5.41, 5.74) is 6.77. The number of alkyl halides is 1. The van der Waals surface area contributed by atoms with E-state index in [0.29, 0.717) is 11.1 Å². The smallest absolute Gasteiger partial charge is 0.166 e. The highest BCUT2D eigenvalue weighted by Gasteiger charge is 2.18. The first-order valence-corrected chi connectivity index (χ1v) is 5.35. The van der Waals surface area contributed by atoms with Crippen LogP contribution in [0.25, 0.3) is 11.1 Å². The van der Waals surface area contributed by atoms with Gasteiger partial charge in [-0.1, -0.05) is 0 Å². The second-order valence-electron chi connectivity index (χ2n) is 3.90. The van der Waals surface area contributed by atoms with Crippen LogP contribution in [0.15, 0.2) is 18.3 Å². The first kappa shape index (κ1) is 12.3. The van der Waals surface area contributed by atoms with Crippen molar-refractivity contribution in [2.24, 2.45) is 0 Å². The Labute approximate surface area is 103 Å². The minimum Gasteiger partial charge on any atom is -0.493 e. The molecule has 0 radical (unpaired) electrons. The fourth-order valence-electron chi connectivity index (χ4n) is 1.76. The van der Waals surface area contributed by atoms with Crippen LogP contribution in [0, 0.1) is 5.82 Å². The quantitative estimate of drug-likeness (QED) is 0.884. The molecule has 0 saturated carbocycles. The molecule has 3 N–H and O–H groups in total. The molecule has 6 heteroatoms. The number of hydrogen-bond donors (Lipinski definition) is 2. The summed E-state index contributed by atoms with van der Waals surface area (Å²) in [4.78, 5) is 0. The fourth-order valence-corrected chi connectivity index (χ4v) is 1.76. The van der Waals surface area contributed by atoms with Gasteiger partial charge in [0.15, 0.2) is 11.6 Å². The third-order valence-electron chi connectivity index (χ3n) is 2.69. The van der Waals surface area contributed by atoms with E-state index in [0.717, 1.165) is 6.07 Å². The summed E-state index contributed by atoms with van der Waals surface area (Å²) < 4.78 is 32.1. The standard InChI is InChI=1S/C12H13F2N3O/c1-6(13)7-3-8(9-5-16-17-12(9)15)11(18-2)10(14)4-7/h3-6H,1-2H3,(H3,15,16,17). The summed E-state index contributed by atoms with van der Waals surface area (Å²) in [6.45, 7) is 1.34. The predicted molar refractivity (Wildman–Crippen MR) is 64.5 cm³/mol. The first-order valence-electron chi connectivity index (χ1n) is 5.35. The van der Waals surface area contributed by atoms with Gasteiger partial charge in [-0.15, -0.1) is 0 Å². The number of rotatable bonds is 3. The third-order valence-corrected chi connectivity index (χ3v) is 2.69. The Morgan fingerprint density at radius 2 is 2.11 bits per heavy atom. The number of nitrogens with two attached hydrogens (primary N) is 1. The Hall–Kier alpha value is -2.11. The lowest BCUT2D eigenvalue weighted by molar-refractivity contribution is 0.366.